The molecule has 6 heteroatoms. The van der Waals surface area contributed by atoms with Crippen LogP contribution < -0.4 is 5.43 Å². The highest BCUT2D eigenvalue weighted by atomic mass is 16.5. The summed E-state index contributed by atoms with van der Waals surface area (Å²) < 4.78 is 4.73. The highest BCUT2D eigenvalue weighted by Crippen LogP contribution is 2.04. The second-order valence-corrected chi connectivity index (χ2v) is 2.94. The molecule has 1 aromatic rings. The van der Waals surface area contributed by atoms with Crippen LogP contribution in [0.5, 0.6) is 0 Å². The van der Waals surface area contributed by atoms with Crippen LogP contribution in [0, 0.1) is 0 Å². The largest absolute Gasteiger partial charge is 0.461 e. The summed E-state index contributed by atoms with van der Waals surface area (Å²) in [4.78, 5) is 11.4. The summed E-state index contributed by atoms with van der Waals surface area (Å²) in [5.41, 5.74) is 3.25. The molecule has 0 bridgehead atoms. The number of carbonyl (C=O) groups is 1. The summed E-state index contributed by atoms with van der Waals surface area (Å²) in [6.45, 7) is 1.90. The summed E-state index contributed by atoms with van der Waals surface area (Å²) in [5.74, 6) is -0.659. The molecule has 0 heterocycles. The van der Waals surface area contributed by atoms with Crippen LogP contribution in [0.4, 0.5) is 5.69 Å². The van der Waals surface area contributed by atoms with Gasteiger partial charge in [0.05, 0.1) is 12.3 Å². The molecule has 0 unspecified atom stereocenters. The van der Waals surface area contributed by atoms with E-state index in [1.54, 1.807) is 19.1 Å². The number of ether oxygens (including phenoxy) is 1. The minimum atomic E-state index is -0.659. The Morgan fingerprint density at radius 1 is 1.47 bits per heavy atom. The number of rotatable bonds is 5. The Morgan fingerprint density at radius 2 is 2.18 bits per heavy atom. The predicted octanol–water partition coefficient (Wildman–Crippen LogP) is 1.48. The zero-order chi connectivity index (χ0) is 12.5. The molecule has 1 aromatic carbocycles. The number of oxime groups is 1. The molecule has 2 N–H and O–H groups in total. The van der Waals surface area contributed by atoms with Gasteiger partial charge in [-0.1, -0.05) is 23.4 Å². The van der Waals surface area contributed by atoms with Gasteiger partial charge in [-0.25, -0.2) is 4.79 Å². The molecule has 90 valence electrons. The van der Waals surface area contributed by atoms with E-state index in [1.165, 1.54) is 0 Å². The number of esters is 1. The number of hydrazone groups is 1. The van der Waals surface area contributed by atoms with Gasteiger partial charge < -0.3 is 9.94 Å². The van der Waals surface area contributed by atoms with Gasteiger partial charge in [-0.05, 0) is 19.1 Å². The third kappa shape index (κ3) is 4.33. The quantitative estimate of drug-likeness (QED) is 0.350. The van der Waals surface area contributed by atoms with Crippen LogP contribution in [0.3, 0.4) is 0 Å². The number of carbonyl (C=O) groups excluding carboxylic acids is 1. The lowest BCUT2D eigenvalue weighted by atomic mass is 10.3. The van der Waals surface area contributed by atoms with Gasteiger partial charge >= 0.3 is 5.97 Å². The lowest BCUT2D eigenvalue weighted by Gasteiger charge is -2.02. The molecule has 0 atom stereocenters. The van der Waals surface area contributed by atoms with E-state index in [9.17, 15) is 4.79 Å². The average molecular weight is 235 g/mol. The Bertz CT molecular complexity index is 415. The van der Waals surface area contributed by atoms with Gasteiger partial charge in [0.1, 0.15) is 6.21 Å². The average Bonchev–Trinajstić information content (AvgIpc) is 2.36. The number of nitrogens with zero attached hydrogens (tertiary/aromatic N) is 2. The van der Waals surface area contributed by atoms with Gasteiger partial charge in [-0.2, -0.15) is 5.10 Å². The first-order chi connectivity index (χ1) is 8.27. The van der Waals surface area contributed by atoms with Crippen LogP contribution >= 0.6 is 0 Å². The Hall–Kier alpha value is -2.37. The minimum absolute atomic E-state index is 0.113. The van der Waals surface area contributed by atoms with Crippen LogP contribution in [-0.4, -0.2) is 29.7 Å². The van der Waals surface area contributed by atoms with Gasteiger partial charge in [0.2, 0.25) is 0 Å². The van der Waals surface area contributed by atoms with Crippen molar-refractivity contribution in [3.05, 3.63) is 30.3 Å². The van der Waals surface area contributed by atoms with Crippen molar-refractivity contribution in [2.75, 3.05) is 12.0 Å². The summed E-state index contributed by atoms with van der Waals surface area (Å²) in [6.07, 6.45) is 0.911. The van der Waals surface area contributed by atoms with Crippen molar-refractivity contribution in [3.63, 3.8) is 0 Å². The number of para-hydroxylation sites is 1. The number of anilines is 1. The second-order valence-electron chi connectivity index (χ2n) is 2.94. The molecule has 0 radical (unpaired) electrons. The molecular weight excluding hydrogens is 222 g/mol. The van der Waals surface area contributed by atoms with Crippen molar-refractivity contribution >= 4 is 23.6 Å². The zero-order valence-corrected chi connectivity index (χ0v) is 9.33. The first-order valence-corrected chi connectivity index (χ1v) is 5.01. The number of hydrogen-bond donors (Lipinski definition) is 2. The fourth-order valence-electron chi connectivity index (χ4n) is 1.02. The maximum atomic E-state index is 11.4. The molecule has 17 heavy (non-hydrogen) atoms. The number of hydrogen-bond acceptors (Lipinski definition) is 6. The maximum absolute atomic E-state index is 11.4. The van der Waals surface area contributed by atoms with E-state index in [4.69, 9.17) is 9.94 Å². The van der Waals surface area contributed by atoms with E-state index in [-0.39, 0.29) is 12.3 Å². The van der Waals surface area contributed by atoms with Crippen LogP contribution in [0.1, 0.15) is 6.92 Å². The third-order valence-corrected chi connectivity index (χ3v) is 1.74. The highest BCUT2D eigenvalue weighted by Gasteiger charge is 2.10. The molecule has 1 rings (SSSR count). The smallest absolute Gasteiger partial charge is 0.360 e. The first kappa shape index (κ1) is 12.7. The molecule has 0 aliphatic rings. The van der Waals surface area contributed by atoms with Crippen molar-refractivity contribution in [1.29, 1.82) is 0 Å². The van der Waals surface area contributed by atoms with Gasteiger partial charge in [0, 0.05) is 0 Å². The maximum Gasteiger partial charge on any atom is 0.360 e. The van der Waals surface area contributed by atoms with Gasteiger partial charge in [0.25, 0.3) is 0 Å². The molecule has 6 nitrogen and oxygen atoms in total. The molecule has 0 aromatic heterocycles. The fourth-order valence-corrected chi connectivity index (χ4v) is 1.02. The Morgan fingerprint density at radius 3 is 2.76 bits per heavy atom. The normalized spacial score (nSPS) is 11.5. The topological polar surface area (TPSA) is 83.3 Å². The Kier molecular flexibility index (Phi) is 5.23. The van der Waals surface area contributed by atoms with E-state index in [2.05, 4.69) is 15.7 Å². The number of benzene rings is 1. The van der Waals surface area contributed by atoms with E-state index >= 15 is 0 Å². The minimum Gasteiger partial charge on any atom is -0.461 e. The molecule has 0 aliphatic carbocycles. The molecular formula is C11H13N3O3. The van der Waals surface area contributed by atoms with Gasteiger partial charge in [-0.3, -0.25) is 5.43 Å². The van der Waals surface area contributed by atoms with Crippen LogP contribution in [-0.2, 0) is 9.53 Å². The van der Waals surface area contributed by atoms with Gasteiger partial charge in [-0.15, -0.1) is 0 Å². The summed E-state index contributed by atoms with van der Waals surface area (Å²) in [5, 5.41) is 14.9. The SMILES string of the molecule is CCOC(=O)C(/C=N/O)=N/Nc1ccccc1. The molecule has 0 amide bonds. The lowest BCUT2D eigenvalue weighted by molar-refractivity contribution is -0.134. The van der Waals surface area contributed by atoms with Gasteiger partial charge in [0.15, 0.2) is 5.71 Å². The van der Waals surface area contributed by atoms with Crippen LogP contribution in [0.15, 0.2) is 40.6 Å². The predicted molar refractivity (Wildman–Crippen MR) is 64.4 cm³/mol. The summed E-state index contributed by atoms with van der Waals surface area (Å²) in [6, 6.07) is 9.06. The van der Waals surface area contributed by atoms with E-state index in [1.807, 2.05) is 18.2 Å². The Balaban J connectivity index is 2.74. The molecule has 0 aliphatic heterocycles. The summed E-state index contributed by atoms with van der Waals surface area (Å²) >= 11 is 0. The van der Waals surface area contributed by atoms with E-state index < -0.39 is 5.97 Å². The highest BCUT2D eigenvalue weighted by molar-refractivity contribution is 6.59. The standard InChI is InChI=1S/C11H13N3O3/c1-2-17-11(15)10(8-12-16)14-13-9-6-4-3-5-7-9/h3-8,13,16H,2H2,1H3/b12-8+,14-10+. The molecule has 0 saturated heterocycles. The Labute approximate surface area is 98.6 Å². The molecule has 0 fully saturated rings. The third-order valence-electron chi connectivity index (χ3n) is 1.74. The molecule has 0 saturated carbocycles. The fraction of sp³-hybridized carbons (Fsp3) is 0.182. The number of nitrogens with one attached hydrogen (secondary N) is 1. The van der Waals surface area contributed by atoms with Crippen LogP contribution in [0.25, 0.3) is 0 Å². The monoisotopic (exact) mass is 235 g/mol. The second kappa shape index (κ2) is 7.00. The summed E-state index contributed by atoms with van der Waals surface area (Å²) in [7, 11) is 0. The van der Waals surface area contributed by atoms with Crippen molar-refractivity contribution in [1.82, 2.24) is 0 Å². The van der Waals surface area contributed by atoms with Crippen LogP contribution in [0.2, 0.25) is 0 Å². The zero-order valence-electron chi connectivity index (χ0n) is 9.33. The van der Waals surface area contributed by atoms with Crippen molar-refractivity contribution in [3.8, 4) is 0 Å². The van der Waals surface area contributed by atoms with Crippen molar-refractivity contribution in [2.24, 2.45) is 10.3 Å². The first-order valence-electron chi connectivity index (χ1n) is 5.01. The van der Waals surface area contributed by atoms with E-state index in [0.717, 1.165) is 6.21 Å². The van der Waals surface area contributed by atoms with Crippen molar-refractivity contribution in [2.45, 2.75) is 6.92 Å². The molecule has 0 spiro atoms. The van der Waals surface area contributed by atoms with Crippen molar-refractivity contribution < 1.29 is 14.7 Å². The lowest BCUT2D eigenvalue weighted by Crippen LogP contribution is -2.20. The van der Waals surface area contributed by atoms with E-state index in [0.29, 0.717) is 5.69 Å².